The predicted octanol–water partition coefficient (Wildman–Crippen LogP) is -0.751. The minimum absolute atomic E-state index is 0.0161. The van der Waals surface area contributed by atoms with Crippen molar-refractivity contribution >= 4 is 5.97 Å². The van der Waals surface area contributed by atoms with Gasteiger partial charge < -0.3 is 24.3 Å². The van der Waals surface area contributed by atoms with Gasteiger partial charge in [0.2, 0.25) is 0 Å². The van der Waals surface area contributed by atoms with Crippen molar-refractivity contribution < 1.29 is 24.3 Å². The summed E-state index contributed by atoms with van der Waals surface area (Å²) in [5.74, 6) is 0.302. The van der Waals surface area contributed by atoms with Crippen molar-refractivity contribution in [1.29, 1.82) is 0 Å². The Bertz CT molecular complexity index is 420. The van der Waals surface area contributed by atoms with Crippen LogP contribution in [0.5, 0.6) is 11.5 Å². The number of carbonyl (C=O) groups excluding carboxylic acids is 1. The van der Waals surface area contributed by atoms with Crippen molar-refractivity contribution in [2.75, 3.05) is 27.3 Å². The number of benzene rings is 1. The van der Waals surface area contributed by atoms with Crippen LogP contribution in [0.15, 0.2) is 18.2 Å². The van der Waals surface area contributed by atoms with E-state index in [1.54, 1.807) is 14.2 Å². The Morgan fingerprint density at radius 1 is 1.26 bits per heavy atom. The van der Waals surface area contributed by atoms with Crippen LogP contribution in [0.3, 0.4) is 0 Å². The molecule has 106 valence electrons. The van der Waals surface area contributed by atoms with Gasteiger partial charge in [0.1, 0.15) is 13.1 Å². The molecular formula is C14H21NO4. The zero-order chi connectivity index (χ0) is 14.3. The Hall–Kier alpha value is -1.75. The maximum Gasteiger partial charge on any atom is 0.161 e. The van der Waals surface area contributed by atoms with Crippen LogP contribution < -0.4 is 19.5 Å². The minimum atomic E-state index is -1.02. The standard InChI is InChI=1S/C14H21NO4/c1-4-7-15(10-14(16)17)9-11-5-6-12(18-2)13(8-11)19-3/h5-6,8H,4,7,9-10H2,1-3H3,(H,16,17). The molecule has 0 heterocycles. The molecule has 0 aliphatic carbocycles. The van der Waals surface area contributed by atoms with Gasteiger partial charge in [0, 0.05) is 5.56 Å². The number of carboxylic acids is 1. The van der Waals surface area contributed by atoms with Crippen molar-refractivity contribution in [1.82, 2.24) is 0 Å². The summed E-state index contributed by atoms with van der Waals surface area (Å²) in [6, 6.07) is 5.63. The molecule has 1 atom stereocenters. The lowest BCUT2D eigenvalue weighted by Crippen LogP contribution is -3.12. The van der Waals surface area contributed by atoms with E-state index in [0.29, 0.717) is 18.0 Å². The SMILES string of the molecule is CCC[NH+](CC(=O)[O-])Cc1ccc(OC)c(OC)c1. The van der Waals surface area contributed by atoms with E-state index in [2.05, 4.69) is 0 Å². The van der Waals surface area contributed by atoms with Crippen LogP contribution in [0.1, 0.15) is 18.9 Å². The molecule has 1 aromatic rings. The number of carboxylic acid groups (broad SMARTS) is 1. The van der Waals surface area contributed by atoms with Gasteiger partial charge in [-0.3, -0.25) is 0 Å². The number of carbonyl (C=O) groups is 1. The summed E-state index contributed by atoms with van der Waals surface area (Å²) in [5, 5.41) is 10.7. The van der Waals surface area contributed by atoms with Crippen molar-refractivity contribution in [2.45, 2.75) is 19.9 Å². The van der Waals surface area contributed by atoms with Crippen LogP contribution in [0.25, 0.3) is 0 Å². The van der Waals surface area contributed by atoms with Gasteiger partial charge in [0.15, 0.2) is 11.5 Å². The van der Waals surface area contributed by atoms with E-state index in [9.17, 15) is 9.90 Å². The Labute approximate surface area is 113 Å². The summed E-state index contributed by atoms with van der Waals surface area (Å²) in [6.07, 6.45) is 0.926. The lowest BCUT2D eigenvalue weighted by molar-refractivity contribution is -0.908. The maximum atomic E-state index is 10.7. The van der Waals surface area contributed by atoms with Gasteiger partial charge >= 0.3 is 0 Å². The van der Waals surface area contributed by atoms with Gasteiger partial charge in [-0.2, -0.15) is 0 Å². The molecular weight excluding hydrogens is 246 g/mol. The molecule has 0 aliphatic heterocycles. The smallest absolute Gasteiger partial charge is 0.161 e. The van der Waals surface area contributed by atoms with E-state index < -0.39 is 5.97 Å². The number of rotatable bonds is 8. The number of hydrogen-bond acceptors (Lipinski definition) is 4. The highest BCUT2D eigenvalue weighted by Crippen LogP contribution is 2.27. The van der Waals surface area contributed by atoms with Gasteiger partial charge in [0.05, 0.1) is 26.7 Å². The van der Waals surface area contributed by atoms with Crippen LogP contribution in [0, 0.1) is 0 Å². The first kappa shape index (κ1) is 15.3. The van der Waals surface area contributed by atoms with Crippen LogP contribution in [-0.4, -0.2) is 33.3 Å². The first-order valence-corrected chi connectivity index (χ1v) is 6.35. The number of hydrogen-bond donors (Lipinski definition) is 1. The van der Waals surface area contributed by atoms with Crippen molar-refractivity contribution in [3.63, 3.8) is 0 Å². The Kier molecular flexibility index (Phi) is 6.15. The summed E-state index contributed by atoms with van der Waals surface area (Å²) in [4.78, 5) is 11.7. The lowest BCUT2D eigenvalue weighted by Gasteiger charge is -2.20. The fraction of sp³-hybridized carbons (Fsp3) is 0.500. The van der Waals surface area contributed by atoms with Gasteiger partial charge in [-0.1, -0.05) is 6.92 Å². The van der Waals surface area contributed by atoms with Gasteiger partial charge in [0.25, 0.3) is 0 Å². The van der Waals surface area contributed by atoms with Crippen LogP contribution in [-0.2, 0) is 11.3 Å². The Morgan fingerprint density at radius 2 is 1.95 bits per heavy atom. The second-order valence-electron chi connectivity index (χ2n) is 4.41. The summed E-state index contributed by atoms with van der Waals surface area (Å²) in [6.45, 7) is 3.47. The van der Waals surface area contributed by atoms with Crippen LogP contribution in [0.4, 0.5) is 0 Å². The van der Waals surface area contributed by atoms with Crippen molar-refractivity contribution in [3.8, 4) is 11.5 Å². The summed E-state index contributed by atoms with van der Waals surface area (Å²) in [7, 11) is 3.17. The third-order valence-corrected chi connectivity index (χ3v) is 2.90. The quantitative estimate of drug-likeness (QED) is 0.673. The van der Waals surface area contributed by atoms with Gasteiger partial charge in [-0.15, -0.1) is 0 Å². The average Bonchev–Trinajstić information content (AvgIpc) is 2.38. The highest BCUT2D eigenvalue weighted by atomic mass is 16.5. The molecule has 0 spiro atoms. The van der Waals surface area contributed by atoms with E-state index in [1.807, 2.05) is 25.1 Å². The molecule has 0 fully saturated rings. The molecule has 1 N–H and O–H groups in total. The molecule has 1 rings (SSSR count). The molecule has 0 saturated carbocycles. The average molecular weight is 267 g/mol. The Morgan fingerprint density at radius 3 is 2.47 bits per heavy atom. The van der Waals surface area contributed by atoms with Crippen LogP contribution in [0.2, 0.25) is 0 Å². The highest BCUT2D eigenvalue weighted by Gasteiger charge is 2.11. The van der Waals surface area contributed by atoms with E-state index in [0.717, 1.165) is 23.4 Å². The second-order valence-corrected chi connectivity index (χ2v) is 4.41. The van der Waals surface area contributed by atoms with E-state index in [4.69, 9.17) is 9.47 Å². The molecule has 19 heavy (non-hydrogen) atoms. The van der Waals surface area contributed by atoms with Crippen LogP contribution >= 0.6 is 0 Å². The number of methoxy groups -OCH3 is 2. The predicted molar refractivity (Wildman–Crippen MR) is 69.2 cm³/mol. The molecule has 1 unspecified atom stereocenters. The number of nitrogens with one attached hydrogen (secondary N) is 1. The largest absolute Gasteiger partial charge is 0.544 e. The summed E-state index contributed by atoms with van der Waals surface area (Å²) >= 11 is 0. The first-order chi connectivity index (χ1) is 9.10. The third-order valence-electron chi connectivity index (χ3n) is 2.90. The maximum absolute atomic E-state index is 10.7. The summed E-state index contributed by atoms with van der Waals surface area (Å²) < 4.78 is 10.4. The monoisotopic (exact) mass is 267 g/mol. The molecule has 0 aromatic heterocycles. The molecule has 0 aliphatic rings. The van der Waals surface area contributed by atoms with Gasteiger partial charge in [-0.25, -0.2) is 0 Å². The molecule has 5 heteroatoms. The molecule has 0 bridgehead atoms. The number of aliphatic carboxylic acids is 1. The normalized spacial score (nSPS) is 11.9. The second kappa shape index (κ2) is 7.63. The minimum Gasteiger partial charge on any atom is -0.544 e. The fourth-order valence-corrected chi connectivity index (χ4v) is 2.08. The van der Waals surface area contributed by atoms with Crippen molar-refractivity contribution in [2.24, 2.45) is 0 Å². The third kappa shape index (κ3) is 4.79. The van der Waals surface area contributed by atoms with E-state index in [1.165, 1.54) is 0 Å². The first-order valence-electron chi connectivity index (χ1n) is 6.35. The highest BCUT2D eigenvalue weighted by molar-refractivity contribution is 5.65. The molecule has 1 aromatic carbocycles. The number of ether oxygens (including phenoxy) is 2. The molecule has 5 nitrogen and oxygen atoms in total. The fourth-order valence-electron chi connectivity index (χ4n) is 2.08. The van der Waals surface area contributed by atoms with E-state index >= 15 is 0 Å². The Balaban J connectivity index is 2.80. The molecule has 0 amide bonds. The molecule has 0 saturated heterocycles. The van der Waals surface area contributed by atoms with Crippen molar-refractivity contribution in [3.05, 3.63) is 23.8 Å². The number of quaternary nitrogens is 1. The summed E-state index contributed by atoms with van der Waals surface area (Å²) in [5.41, 5.74) is 1.02. The zero-order valence-electron chi connectivity index (χ0n) is 11.7. The molecule has 0 radical (unpaired) electrons. The van der Waals surface area contributed by atoms with E-state index in [-0.39, 0.29) is 6.54 Å². The topological polar surface area (TPSA) is 63.0 Å². The van der Waals surface area contributed by atoms with Gasteiger partial charge in [-0.05, 0) is 24.6 Å². The zero-order valence-corrected chi connectivity index (χ0v) is 11.7. The lowest BCUT2D eigenvalue weighted by atomic mass is 10.2.